The van der Waals surface area contributed by atoms with E-state index in [0.717, 1.165) is 0 Å². The minimum atomic E-state index is -0.817. The molecule has 1 N–H and O–H groups in total. The lowest BCUT2D eigenvalue weighted by Gasteiger charge is -2.10. The van der Waals surface area contributed by atoms with Crippen LogP contribution in [0.3, 0.4) is 0 Å². The van der Waals surface area contributed by atoms with Crippen molar-refractivity contribution < 1.29 is 27.5 Å². The minimum Gasteiger partial charge on any atom is -0.469 e. The molecular weight excluding hydrogens is 432 g/mol. The lowest BCUT2D eigenvalue weighted by atomic mass is 10.2. The number of nitrogens with zero attached hydrogens (tertiary/aromatic N) is 2. The molecule has 0 saturated heterocycles. The van der Waals surface area contributed by atoms with E-state index in [4.69, 9.17) is 9.15 Å². The second-order valence-electron chi connectivity index (χ2n) is 7.08. The minimum absolute atomic E-state index is 0.0595. The van der Waals surface area contributed by atoms with Crippen LogP contribution in [0.2, 0.25) is 0 Å². The van der Waals surface area contributed by atoms with Gasteiger partial charge >= 0.3 is 5.97 Å². The molecule has 0 unspecified atom stereocenters. The van der Waals surface area contributed by atoms with Gasteiger partial charge in [0.15, 0.2) is 0 Å². The van der Waals surface area contributed by atoms with Crippen molar-refractivity contribution in [3.8, 4) is 11.3 Å². The first kappa shape index (κ1) is 21.9. The first-order chi connectivity index (χ1) is 15.9. The van der Waals surface area contributed by atoms with Gasteiger partial charge in [-0.15, -0.1) is 0 Å². The summed E-state index contributed by atoms with van der Waals surface area (Å²) in [5.74, 6) is -1.93. The van der Waals surface area contributed by atoms with Crippen LogP contribution in [-0.2, 0) is 11.3 Å². The fraction of sp³-hybridized carbons (Fsp3) is 0.125. The van der Waals surface area contributed by atoms with Crippen LogP contribution >= 0.6 is 0 Å². The number of halogens is 2. The number of rotatable bonds is 7. The summed E-state index contributed by atoms with van der Waals surface area (Å²) < 4.78 is 39.7. The zero-order valence-electron chi connectivity index (χ0n) is 17.5. The number of carbonyl (C=O) groups excluding carboxylic acids is 2. The number of amides is 1. The average Bonchev–Trinajstić information content (AvgIpc) is 3.40. The van der Waals surface area contributed by atoms with Gasteiger partial charge in [0.1, 0.15) is 29.8 Å². The molecule has 0 spiro atoms. The predicted octanol–water partition coefficient (Wildman–Crippen LogP) is 4.84. The molecule has 0 aliphatic rings. The standard InChI is InChI=1S/C24H19F2N3O4/c1-15-16(10-12-32-15)21-14-22(27-23(30)17-6-2-4-8-19(17)25)29(28-21)11-13-33-24(31)18-7-3-5-9-20(18)26/h2-10,12,14H,11,13H2,1H3,(H,27,30). The van der Waals surface area contributed by atoms with E-state index >= 15 is 0 Å². The van der Waals surface area contributed by atoms with Crippen LogP contribution in [0.15, 0.2) is 71.3 Å². The van der Waals surface area contributed by atoms with Crippen LogP contribution in [0.5, 0.6) is 0 Å². The van der Waals surface area contributed by atoms with E-state index in [1.54, 1.807) is 25.1 Å². The second kappa shape index (κ2) is 9.47. The number of hydrogen-bond acceptors (Lipinski definition) is 5. The number of esters is 1. The van der Waals surface area contributed by atoms with E-state index in [2.05, 4.69) is 10.4 Å². The van der Waals surface area contributed by atoms with Crippen molar-refractivity contribution in [2.75, 3.05) is 11.9 Å². The van der Waals surface area contributed by atoms with Crippen LogP contribution in [-0.4, -0.2) is 28.3 Å². The summed E-state index contributed by atoms with van der Waals surface area (Å²) in [6.07, 6.45) is 1.51. The van der Waals surface area contributed by atoms with Gasteiger partial charge in [-0.3, -0.25) is 4.79 Å². The highest BCUT2D eigenvalue weighted by atomic mass is 19.1. The first-order valence-electron chi connectivity index (χ1n) is 10.0. The Bertz CT molecular complexity index is 1310. The van der Waals surface area contributed by atoms with Crippen LogP contribution in [0.1, 0.15) is 26.5 Å². The molecule has 4 aromatic rings. The summed E-state index contributed by atoms with van der Waals surface area (Å²) in [5, 5.41) is 7.09. The molecule has 9 heteroatoms. The third-order valence-electron chi connectivity index (χ3n) is 4.90. The van der Waals surface area contributed by atoms with Gasteiger partial charge in [0.2, 0.25) is 0 Å². The van der Waals surface area contributed by atoms with Gasteiger partial charge in [0.05, 0.1) is 29.6 Å². The SMILES string of the molecule is Cc1occc1-c1cc(NC(=O)c2ccccc2F)n(CCOC(=O)c2ccccc2F)n1. The molecule has 0 atom stereocenters. The fourth-order valence-electron chi connectivity index (χ4n) is 3.23. The van der Waals surface area contributed by atoms with Crippen molar-refractivity contribution in [3.05, 3.63) is 95.4 Å². The molecule has 4 rings (SSSR count). The number of aryl methyl sites for hydroxylation is 1. The van der Waals surface area contributed by atoms with Crippen molar-refractivity contribution in [3.63, 3.8) is 0 Å². The molecule has 7 nitrogen and oxygen atoms in total. The van der Waals surface area contributed by atoms with E-state index in [1.165, 1.54) is 53.4 Å². The van der Waals surface area contributed by atoms with E-state index in [-0.39, 0.29) is 30.1 Å². The number of furan rings is 1. The van der Waals surface area contributed by atoms with Gasteiger partial charge in [-0.1, -0.05) is 24.3 Å². The summed E-state index contributed by atoms with van der Waals surface area (Å²) in [4.78, 5) is 24.8. The first-order valence-corrected chi connectivity index (χ1v) is 10.0. The number of carbonyl (C=O) groups is 2. The quantitative estimate of drug-likeness (QED) is 0.407. The highest BCUT2D eigenvalue weighted by molar-refractivity contribution is 6.04. The van der Waals surface area contributed by atoms with Crippen molar-refractivity contribution in [1.29, 1.82) is 0 Å². The summed E-state index contributed by atoms with van der Waals surface area (Å²) in [6.45, 7) is 1.69. The Morgan fingerprint density at radius 3 is 2.33 bits per heavy atom. The Morgan fingerprint density at radius 2 is 1.70 bits per heavy atom. The lowest BCUT2D eigenvalue weighted by Crippen LogP contribution is -2.19. The van der Waals surface area contributed by atoms with Gasteiger partial charge in [0.25, 0.3) is 5.91 Å². The summed E-state index contributed by atoms with van der Waals surface area (Å²) in [5.41, 5.74) is 0.905. The number of aromatic nitrogens is 2. The number of hydrogen-bond donors (Lipinski definition) is 1. The van der Waals surface area contributed by atoms with Gasteiger partial charge in [-0.05, 0) is 37.3 Å². The molecule has 2 heterocycles. The number of benzene rings is 2. The smallest absolute Gasteiger partial charge is 0.341 e. The topological polar surface area (TPSA) is 86.4 Å². The zero-order chi connectivity index (χ0) is 23.4. The molecule has 0 bridgehead atoms. The summed E-state index contributed by atoms with van der Waals surface area (Å²) in [7, 11) is 0. The van der Waals surface area contributed by atoms with E-state index in [0.29, 0.717) is 17.0 Å². The Balaban J connectivity index is 1.54. The van der Waals surface area contributed by atoms with Gasteiger partial charge < -0.3 is 14.5 Å². The highest BCUT2D eigenvalue weighted by Crippen LogP contribution is 2.26. The molecule has 2 aromatic carbocycles. The van der Waals surface area contributed by atoms with Gasteiger partial charge in [-0.25, -0.2) is 18.3 Å². The van der Waals surface area contributed by atoms with E-state index < -0.39 is 23.5 Å². The Morgan fingerprint density at radius 1 is 1.03 bits per heavy atom. The maximum Gasteiger partial charge on any atom is 0.341 e. The predicted molar refractivity (Wildman–Crippen MR) is 116 cm³/mol. The molecule has 2 aromatic heterocycles. The van der Waals surface area contributed by atoms with Crippen LogP contribution in [0, 0.1) is 18.6 Å². The molecule has 168 valence electrons. The van der Waals surface area contributed by atoms with Crippen LogP contribution in [0.4, 0.5) is 14.6 Å². The molecule has 1 amide bonds. The second-order valence-corrected chi connectivity index (χ2v) is 7.08. The zero-order valence-corrected chi connectivity index (χ0v) is 17.5. The maximum absolute atomic E-state index is 14.0. The van der Waals surface area contributed by atoms with Crippen molar-refractivity contribution in [2.45, 2.75) is 13.5 Å². The Hall–Kier alpha value is -4.27. The van der Waals surface area contributed by atoms with Crippen LogP contribution < -0.4 is 5.32 Å². The van der Waals surface area contributed by atoms with Crippen molar-refractivity contribution in [1.82, 2.24) is 9.78 Å². The highest BCUT2D eigenvalue weighted by Gasteiger charge is 2.18. The molecule has 0 radical (unpaired) electrons. The molecule has 0 aliphatic carbocycles. The fourth-order valence-corrected chi connectivity index (χ4v) is 3.23. The lowest BCUT2D eigenvalue weighted by molar-refractivity contribution is 0.0482. The summed E-state index contributed by atoms with van der Waals surface area (Å²) >= 11 is 0. The number of nitrogens with one attached hydrogen (secondary N) is 1. The molecule has 33 heavy (non-hydrogen) atoms. The molecule has 0 saturated carbocycles. The molecule has 0 fully saturated rings. The van der Waals surface area contributed by atoms with Crippen LogP contribution in [0.25, 0.3) is 11.3 Å². The third-order valence-corrected chi connectivity index (χ3v) is 4.90. The van der Waals surface area contributed by atoms with Gasteiger partial charge in [-0.2, -0.15) is 5.10 Å². The number of ether oxygens (including phenoxy) is 1. The number of anilines is 1. The average molecular weight is 451 g/mol. The van der Waals surface area contributed by atoms with E-state index in [9.17, 15) is 18.4 Å². The monoisotopic (exact) mass is 451 g/mol. The normalized spacial score (nSPS) is 10.8. The Kier molecular flexibility index (Phi) is 6.30. The van der Waals surface area contributed by atoms with E-state index in [1.807, 2.05) is 0 Å². The van der Waals surface area contributed by atoms with Crippen molar-refractivity contribution in [2.24, 2.45) is 0 Å². The van der Waals surface area contributed by atoms with Gasteiger partial charge in [0, 0.05) is 11.6 Å². The maximum atomic E-state index is 14.0. The molecular formula is C24H19F2N3O4. The summed E-state index contributed by atoms with van der Waals surface area (Å²) in [6, 6.07) is 14.4. The van der Waals surface area contributed by atoms with Crippen molar-refractivity contribution >= 4 is 17.7 Å². The Labute approximate surface area is 187 Å². The largest absolute Gasteiger partial charge is 0.469 e. The molecule has 0 aliphatic heterocycles. The third kappa shape index (κ3) is 4.82.